The standard InChI is InChI=1S/C13H19NO2/c1-2-3-7-15-10-4-5-13-11(9-10)12(14)6-8-16-13/h4-5,9,12H,2-3,6-8,14H2,1H3/t12-/m1/s1. The van der Waals surface area contributed by atoms with E-state index in [2.05, 4.69) is 6.92 Å². The van der Waals surface area contributed by atoms with Crippen LogP contribution in [-0.2, 0) is 0 Å². The van der Waals surface area contributed by atoms with E-state index in [1.165, 1.54) is 0 Å². The second-order valence-corrected chi connectivity index (χ2v) is 4.15. The third-order valence-electron chi connectivity index (χ3n) is 2.83. The Hall–Kier alpha value is -1.22. The van der Waals surface area contributed by atoms with Gasteiger partial charge < -0.3 is 15.2 Å². The van der Waals surface area contributed by atoms with Crippen LogP contribution in [-0.4, -0.2) is 13.2 Å². The lowest BCUT2D eigenvalue weighted by molar-refractivity contribution is 0.265. The lowest BCUT2D eigenvalue weighted by Gasteiger charge is -2.23. The van der Waals surface area contributed by atoms with Crippen LogP contribution < -0.4 is 15.2 Å². The minimum absolute atomic E-state index is 0.0819. The fraction of sp³-hybridized carbons (Fsp3) is 0.538. The molecule has 0 fully saturated rings. The molecule has 0 radical (unpaired) electrons. The Balaban J connectivity index is 2.08. The van der Waals surface area contributed by atoms with Crippen LogP contribution in [0.5, 0.6) is 11.5 Å². The molecule has 0 aromatic heterocycles. The molecule has 3 nitrogen and oxygen atoms in total. The first-order valence-electron chi connectivity index (χ1n) is 5.96. The molecule has 16 heavy (non-hydrogen) atoms. The highest BCUT2D eigenvalue weighted by Gasteiger charge is 2.18. The third kappa shape index (κ3) is 2.47. The van der Waals surface area contributed by atoms with E-state index in [-0.39, 0.29) is 6.04 Å². The minimum Gasteiger partial charge on any atom is -0.494 e. The van der Waals surface area contributed by atoms with Crippen LogP contribution in [0.3, 0.4) is 0 Å². The van der Waals surface area contributed by atoms with Crippen LogP contribution in [0.15, 0.2) is 18.2 Å². The van der Waals surface area contributed by atoms with Crippen molar-refractivity contribution in [1.82, 2.24) is 0 Å². The van der Waals surface area contributed by atoms with Crippen molar-refractivity contribution in [3.63, 3.8) is 0 Å². The molecule has 3 heteroatoms. The summed E-state index contributed by atoms with van der Waals surface area (Å²) in [5, 5.41) is 0. The maximum absolute atomic E-state index is 6.03. The monoisotopic (exact) mass is 221 g/mol. The molecule has 0 saturated heterocycles. The van der Waals surface area contributed by atoms with Gasteiger partial charge in [-0.2, -0.15) is 0 Å². The zero-order valence-corrected chi connectivity index (χ0v) is 9.74. The van der Waals surface area contributed by atoms with Crippen LogP contribution in [0, 0.1) is 0 Å². The van der Waals surface area contributed by atoms with E-state index in [0.717, 1.165) is 42.9 Å². The highest BCUT2D eigenvalue weighted by Crippen LogP contribution is 2.33. The predicted molar refractivity (Wildman–Crippen MR) is 63.9 cm³/mol. The van der Waals surface area contributed by atoms with E-state index >= 15 is 0 Å². The Morgan fingerprint density at radius 3 is 3.19 bits per heavy atom. The molecular weight excluding hydrogens is 202 g/mol. The van der Waals surface area contributed by atoms with Crippen molar-refractivity contribution < 1.29 is 9.47 Å². The van der Waals surface area contributed by atoms with E-state index in [1.807, 2.05) is 18.2 Å². The zero-order valence-electron chi connectivity index (χ0n) is 9.74. The van der Waals surface area contributed by atoms with Gasteiger partial charge in [0.15, 0.2) is 0 Å². The Kier molecular flexibility index (Phi) is 3.67. The quantitative estimate of drug-likeness (QED) is 0.795. The third-order valence-corrected chi connectivity index (χ3v) is 2.83. The predicted octanol–water partition coefficient (Wildman–Crippen LogP) is 2.65. The average molecular weight is 221 g/mol. The van der Waals surface area contributed by atoms with Crippen LogP contribution >= 0.6 is 0 Å². The summed E-state index contributed by atoms with van der Waals surface area (Å²) in [4.78, 5) is 0. The highest BCUT2D eigenvalue weighted by molar-refractivity contribution is 5.43. The molecule has 1 aromatic carbocycles. The van der Waals surface area contributed by atoms with Gasteiger partial charge >= 0.3 is 0 Å². The average Bonchev–Trinajstić information content (AvgIpc) is 2.30. The van der Waals surface area contributed by atoms with Gasteiger partial charge in [0.25, 0.3) is 0 Å². The maximum Gasteiger partial charge on any atom is 0.124 e. The highest BCUT2D eigenvalue weighted by atomic mass is 16.5. The summed E-state index contributed by atoms with van der Waals surface area (Å²) in [6.07, 6.45) is 3.11. The molecule has 88 valence electrons. The SMILES string of the molecule is CCCCOc1ccc2c(c1)[C@H](N)CCO2. The van der Waals surface area contributed by atoms with E-state index in [4.69, 9.17) is 15.2 Å². The molecule has 0 amide bonds. The molecular formula is C13H19NO2. The molecule has 1 heterocycles. The first kappa shape index (κ1) is 11.3. The minimum atomic E-state index is 0.0819. The van der Waals surface area contributed by atoms with Gasteiger partial charge in [0, 0.05) is 18.0 Å². The van der Waals surface area contributed by atoms with E-state index < -0.39 is 0 Å². The summed E-state index contributed by atoms with van der Waals surface area (Å²) >= 11 is 0. The first-order chi connectivity index (χ1) is 7.81. The van der Waals surface area contributed by atoms with Crippen molar-refractivity contribution in [2.24, 2.45) is 5.73 Å². The molecule has 0 aliphatic carbocycles. The van der Waals surface area contributed by atoms with Crippen LogP contribution in [0.25, 0.3) is 0 Å². The molecule has 1 aromatic rings. The second-order valence-electron chi connectivity index (χ2n) is 4.15. The zero-order chi connectivity index (χ0) is 11.4. The van der Waals surface area contributed by atoms with Crippen molar-refractivity contribution in [1.29, 1.82) is 0 Å². The van der Waals surface area contributed by atoms with Gasteiger partial charge in [-0.25, -0.2) is 0 Å². The number of hydrogen-bond acceptors (Lipinski definition) is 3. The summed E-state index contributed by atoms with van der Waals surface area (Å²) in [7, 11) is 0. The van der Waals surface area contributed by atoms with Gasteiger partial charge in [-0.05, 0) is 24.6 Å². The van der Waals surface area contributed by atoms with Crippen LogP contribution in [0.1, 0.15) is 37.8 Å². The summed E-state index contributed by atoms with van der Waals surface area (Å²) in [5.74, 6) is 1.80. The van der Waals surface area contributed by atoms with Gasteiger partial charge in [-0.3, -0.25) is 0 Å². The first-order valence-corrected chi connectivity index (χ1v) is 5.96. The van der Waals surface area contributed by atoms with Gasteiger partial charge in [-0.15, -0.1) is 0 Å². The summed E-state index contributed by atoms with van der Waals surface area (Å²) in [5.41, 5.74) is 7.10. The number of fused-ring (bicyclic) bond motifs is 1. The molecule has 2 N–H and O–H groups in total. The van der Waals surface area contributed by atoms with Crippen molar-refractivity contribution in [2.45, 2.75) is 32.2 Å². The maximum atomic E-state index is 6.03. The Labute approximate surface area is 96.5 Å². The van der Waals surface area contributed by atoms with Gasteiger partial charge in [0.2, 0.25) is 0 Å². The van der Waals surface area contributed by atoms with Gasteiger partial charge in [0.05, 0.1) is 13.2 Å². The molecule has 0 bridgehead atoms. The molecule has 0 saturated carbocycles. The number of unbranched alkanes of at least 4 members (excludes halogenated alkanes) is 1. The van der Waals surface area contributed by atoms with Crippen LogP contribution in [0.2, 0.25) is 0 Å². The number of hydrogen-bond donors (Lipinski definition) is 1. The lowest BCUT2D eigenvalue weighted by Crippen LogP contribution is -2.20. The normalized spacial score (nSPS) is 18.8. The summed E-state index contributed by atoms with van der Waals surface area (Å²) in [6.45, 7) is 3.63. The molecule has 0 spiro atoms. The summed E-state index contributed by atoms with van der Waals surface area (Å²) < 4.78 is 11.2. The smallest absolute Gasteiger partial charge is 0.124 e. The second kappa shape index (κ2) is 5.21. The Bertz CT molecular complexity index is 352. The Morgan fingerprint density at radius 2 is 2.38 bits per heavy atom. The number of nitrogens with two attached hydrogens (primary N) is 1. The molecule has 1 aliphatic rings. The topological polar surface area (TPSA) is 44.5 Å². The van der Waals surface area contributed by atoms with E-state index in [9.17, 15) is 0 Å². The van der Waals surface area contributed by atoms with E-state index in [0.29, 0.717) is 6.61 Å². The molecule has 1 aliphatic heterocycles. The Morgan fingerprint density at radius 1 is 1.50 bits per heavy atom. The van der Waals surface area contributed by atoms with Gasteiger partial charge in [0.1, 0.15) is 11.5 Å². The summed E-state index contributed by atoms with van der Waals surface area (Å²) in [6, 6.07) is 6.00. The number of rotatable bonds is 4. The molecule has 1 atom stereocenters. The lowest BCUT2D eigenvalue weighted by atomic mass is 10.0. The van der Waals surface area contributed by atoms with E-state index in [1.54, 1.807) is 0 Å². The van der Waals surface area contributed by atoms with Crippen molar-refractivity contribution in [3.05, 3.63) is 23.8 Å². The van der Waals surface area contributed by atoms with Gasteiger partial charge in [-0.1, -0.05) is 13.3 Å². The molecule has 0 unspecified atom stereocenters. The van der Waals surface area contributed by atoms with Crippen molar-refractivity contribution >= 4 is 0 Å². The number of benzene rings is 1. The molecule has 2 rings (SSSR count). The van der Waals surface area contributed by atoms with Crippen molar-refractivity contribution in [2.75, 3.05) is 13.2 Å². The fourth-order valence-electron chi connectivity index (χ4n) is 1.82. The fourth-order valence-corrected chi connectivity index (χ4v) is 1.82. The number of ether oxygens (including phenoxy) is 2. The van der Waals surface area contributed by atoms with Crippen LogP contribution in [0.4, 0.5) is 0 Å². The largest absolute Gasteiger partial charge is 0.494 e. The van der Waals surface area contributed by atoms with Crippen molar-refractivity contribution in [3.8, 4) is 11.5 Å².